The number of esters is 1. The first-order chi connectivity index (χ1) is 11.5. The van der Waals surface area contributed by atoms with E-state index in [-0.39, 0.29) is 31.0 Å². The maximum absolute atomic E-state index is 12.3. The lowest BCUT2D eigenvalue weighted by molar-refractivity contribution is -0.136. The predicted molar refractivity (Wildman–Crippen MR) is 84.6 cm³/mol. The van der Waals surface area contributed by atoms with Crippen molar-refractivity contribution in [1.82, 2.24) is 4.90 Å². The molecule has 6 nitrogen and oxygen atoms in total. The van der Waals surface area contributed by atoms with E-state index in [1.165, 1.54) is 36.3 Å². The van der Waals surface area contributed by atoms with Gasteiger partial charge in [0.1, 0.15) is 5.70 Å². The predicted octanol–water partition coefficient (Wildman–Crippen LogP) is 1.67. The Labute approximate surface area is 141 Å². The smallest absolute Gasteiger partial charge is 0.337 e. The molecule has 0 fully saturated rings. The molecule has 130 valence electrons. The fourth-order valence-corrected chi connectivity index (χ4v) is 2.71. The molecule has 0 aromatic heterocycles. The van der Waals surface area contributed by atoms with Crippen LogP contribution in [0.2, 0.25) is 0 Å². The zero-order chi connectivity index (χ0) is 17.7. The first-order valence-corrected chi connectivity index (χ1v) is 7.87. The second-order valence-electron chi connectivity index (χ2n) is 4.82. The number of thioether (sulfide) groups is 1. The maximum atomic E-state index is 12.3. The highest BCUT2D eigenvalue weighted by Crippen LogP contribution is 2.28. The SMILES string of the molecule is COC(=O)C1=C(Nc2ccc(SC(F)F)cc2)C(=O)N(CCO)C1. The van der Waals surface area contributed by atoms with Crippen molar-refractivity contribution in [3.63, 3.8) is 0 Å². The van der Waals surface area contributed by atoms with Gasteiger partial charge in [0, 0.05) is 17.1 Å². The highest BCUT2D eigenvalue weighted by Gasteiger charge is 2.34. The second-order valence-corrected chi connectivity index (χ2v) is 5.89. The number of aliphatic hydroxyl groups excluding tert-OH is 1. The van der Waals surface area contributed by atoms with Crippen LogP contribution in [0.15, 0.2) is 40.4 Å². The molecule has 0 bridgehead atoms. The van der Waals surface area contributed by atoms with Gasteiger partial charge in [-0.1, -0.05) is 11.8 Å². The summed E-state index contributed by atoms with van der Waals surface area (Å²) in [6, 6.07) is 6.05. The van der Waals surface area contributed by atoms with Crippen molar-refractivity contribution in [2.24, 2.45) is 0 Å². The number of alkyl halides is 2. The van der Waals surface area contributed by atoms with Crippen LogP contribution in [0.4, 0.5) is 14.5 Å². The second kappa shape index (κ2) is 8.11. The lowest BCUT2D eigenvalue weighted by Gasteiger charge is -2.15. The number of rotatable bonds is 7. The summed E-state index contributed by atoms with van der Waals surface area (Å²) in [6.45, 7) is -0.102. The third kappa shape index (κ3) is 4.24. The minimum Gasteiger partial charge on any atom is -0.466 e. The molecule has 2 rings (SSSR count). The molecule has 0 aliphatic carbocycles. The number of methoxy groups -OCH3 is 1. The molecule has 0 radical (unpaired) electrons. The number of hydrogen-bond donors (Lipinski definition) is 2. The number of anilines is 1. The minimum absolute atomic E-state index is 0.0354. The number of β-amino-alcohol motifs (C(OH)–C–C–N with tert-alkyl or cyclic N) is 1. The zero-order valence-electron chi connectivity index (χ0n) is 12.8. The fourth-order valence-electron chi connectivity index (χ4n) is 2.21. The summed E-state index contributed by atoms with van der Waals surface area (Å²) < 4.78 is 29.3. The molecular formula is C15H16F2N2O4S. The van der Waals surface area contributed by atoms with E-state index in [1.54, 1.807) is 0 Å². The Balaban J connectivity index is 2.20. The van der Waals surface area contributed by atoms with Gasteiger partial charge in [0.2, 0.25) is 0 Å². The largest absolute Gasteiger partial charge is 0.466 e. The number of hydrogen-bond acceptors (Lipinski definition) is 6. The monoisotopic (exact) mass is 358 g/mol. The fraction of sp³-hybridized carbons (Fsp3) is 0.333. The van der Waals surface area contributed by atoms with Crippen molar-refractivity contribution in [1.29, 1.82) is 0 Å². The number of aliphatic hydroxyl groups is 1. The van der Waals surface area contributed by atoms with E-state index in [2.05, 4.69) is 10.1 Å². The summed E-state index contributed by atoms with van der Waals surface area (Å²) in [5, 5.41) is 11.8. The van der Waals surface area contributed by atoms with E-state index in [1.807, 2.05) is 0 Å². The summed E-state index contributed by atoms with van der Waals surface area (Å²) in [4.78, 5) is 25.9. The van der Waals surface area contributed by atoms with E-state index in [4.69, 9.17) is 5.11 Å². The standard InChI is InChI=1S/C15H16F2N2O4S/c1-23-14(22)11-8-19(6-7-20)13(21)12(11)18-9-2-4-10(5-3-9)24-15(16)17/h2-5,15,18,20H,6-8H2,1H3. The third-order valence-corrected chi connectivity index (χ3v) is 4.02. The number of carbonyl (C=O) groups is 2. The van der Waals surface area contributed by atoms with Crippen LogP contribution >= 0.6 is 11.8 Å². The van der Waals surface area contributed by atoms with E-state index < -0.39 is 17.6 Å². The van der Waals surface area contributed by atoms with Crippen LogP contribution in [-0.2, 0) is 14.3 Å². The van der Waals surface area contributed by atoms with Gasteiger partial charge in [0.15, 0.2) is 0 Å². The molecule has 1 heterocycles. The van der Waals surface area contributed by atoms with Crippen LogP contribution in [-0.4, -0.2) is 54.4 Å². The lowest BCUT2D eigenvalue weighted by Crippen LogP contribution is -2.31. The minimum atomic E-state index is -2.51. The molecule has 1 aliphatic rings. The van der Waals surface area contributed by atoms with Gasteiger partial charge in [-0.15, -0.1) is 0 Å². The summed E-state index contributed by atoms with van der Waals surface area (Å²) in [5.41, 5.74) is 0.691. The molecule has 2 N–H and O–H groups in total. The van der Waals surface area contributed by atoms with Crippen molar-refractivity contribution in [3.05, 3.63) is 35.5 Å². The Bertz CT molecular complexity index is 649. The molecule has 0 saturated heterocycles. The van der Waals surface area contributed by atoms with Crippen molar-refractivity contribution in [2.45, 2.75) is 10.7 Å². The molecule has 9 heteroatoms. The van der Waals surface area contributed by atoms with Crippen molar-refractivity contribution < 1.29 is 28.2 Å². The number of nitrogens with one attached hydrogen (secondary N) is 1. The van der Waals surface area contributed by atoms with Crippen LogP contribution in [0, 0.1) is 0 Å². The van der Waals surface area contributed by atoms with Crippen LogP contribution in [0.1, 0.15) is 0 Å². The molecule has 0 saturated carbocycles. The highest BCUT2D eigenvalue weighted by atomic mass is 32.2. The Morgan fingerprint density at radius 2 is 2.08 bits per heavy atom. The van der Waals surface area contributed by atoms with Crippen molar-refractivity contribution in [3.8, 4) is 0 Å². The maximum Gasteiger partial charge on any atom is 0.337 e. The van der Waals surface area contributed by atoms with Crippen LogP contribution in [0.25, 0.3) is 0 Å². The molecule has 1 aliphatic heterocycles. The number of amides is 1. The first kappa shape index (κ1) is 18.2. The molecule has 1 aromatic rings. The topological polar surface area (TPSA) is 78.9 Å². The van der Waals surface area contributed by atoms with Gasteiger partial charge in [-0.3, -0.25) is 4.79 Å². The molecule has 1 amide bonds. The van der Waals surface area contributed by atoms with Gasteiger partial charge in [0.25, 0.3) is 11.7 Å². The number of carbonyl (C=O) groups excluding carboxylic acids is 2. The van der Waals surface area contributed by atoms with E-state index in [0.29, 0.717) is 22.3 Å². The van der Waals surface area contributed by atoms with Gasteiger partial charge in [-0.05, 0) is 24.3 Å². The molecule has 0 atom stereocenters. The van der Waals surface area contributed by atoms with Gasteiger partial charge < -0.3 is 20.1 Å². The summed E-state index contributed by atoms with van der Waals surface area (Å²) >= 11 is 0.416. The van der Waals surface area contributed by atoms with E-state index in [0.717, 1.165) is 0 Å². The molecule has 24 heavy (non-hydrogen) atoms. The average molecular weight is 358 g/mol. The van der Waals surface area contributed by atoms with Crippen molar-refractivity contribution in [2.75, 3.05) is 32.1 Å². The molecular weight excluding hydrogens is 342 g/mol. The Hall–Kier alpha value is -2.13. The van der Waals surface area contributed by atoms with Gasteiger partial charge in [0.05, 0.1) is 25.8 Å². The normalized spacial score (nSPS) is 14.5. The quantitative estimate of drug-likeness (QED) is 0.570. The number of halogens is 2. The molecule has 1 aromatic carbocycles. The Kier molecular flexibility index (Phi) is 6.16. The Morgan fingerprint density at radius 1 is 1.42 bits per heavy atom. The first-order valence-electron chi connectivity index (χ1n) is 6.99. The van der Waals surface area contributed by atoms with Gasteiger partial charge in [-0.2, -0.15) is 8.78 Å². The van der Waals surface area contributed by atoms with Crippen LogP contribution < -0.4 is 5.32 Å². The average Bonchev–Trinajstić information content (AvgIpc) is 2.85. The zero-order valence-corrected chi connectivity index (χ0v) is 13.6. The number of nitrogens with zero attached hydrogens (tertiary/aromatic N) is 1. The summed E-state index contributed by atoms with van der Waals surface area (Å²) in [6.07, 6.45) is 0. The van der Waals surface area contributed by atoms with Gasteiger partial charge >= 0.3 is 5.97 Å². The Morgan fingerprint density at radius 3 is 2.62 bits per heavy atom. The van der Waals surface area contributed by atoms with Crippen LogP contribution in [0.3, 0.4) is 0 Å². The summed E-state index contributed by atoms with van der Waals surface area (Å²) in [5.74, 6) is -3.59. The summed E-state index contributed by atoms with van der Waals surface area (Å²) in [7, 11) is 1.21. The lowest BCUT2D eigenvalue weighted by atomic mass is 10.2. The van der Waals surface area contributed by atoms with Crippen molar-refractivity contribution >= 4 is 29.3 Å². The third-order valence-electron chi connectivity index (χ3n) is 3.30. The number of benzene rings is 1. The van der Waals surface area contributed by atoms with Gasteiger partial charge in [-0.25, -0.2) is 4.79 Å². The van der Waals surface area contributed by atoms with E-state index >= 15 is 0 Å². The number of ether oxygens (including phenoxy) is 1. The molecule has 0 spiro atoms. The molecule has 0 unspecified atom stereocenters. The van der Waals surface area contributed by atoms with E-state index in [9.17, 15) is 18.4 Å². The highest BCUT2D eigenvalue weighted by molar-refractivity contribution is 7.99. The van der Waals surface area contributed by atoms with Crippen LogP contribution in [0.5, 0.6) is 0 Å².